The molecule has 0 saturated carbocycles. The van der Waals surface area contributed by atoms with Crippen LogP contribution in [0.4, 0.5) is 15.8 Å². The zero-order chi connectivity index (χ0) is 16.0. The summed E-state index contributed by atoms with van der Waals surface area (Å²) in [6, 6.07) is 12.6. The van der Waals surface area contributed by atoms with Crippen molar-refractivity contribution in [2.45, 2.75) is 12.1 Å². The summed E-state index contributed by atoms with van der Waals surface area (Å²) < 4.78 is 13.4. The van der Waals surface area contributed by atoms with Gasteiger partial charge in [-0.15, -0.1) is 0 Å². The summed E-state index contributed by atoms with van der Waals surface area (Å²) in [4.78, 5) is 26.3. The zero-order valence-electron chi connectivity index (χ0n) is 11.8. The molecule has 2 aliphatic rings. The molecule has 114 valence electrons. The molecule has 7 heteroatoms. The van der Waals surface area contributed by atoms with Crippen molar-refractivity contribution in [3.8, 4) is 0 Å². The standard InChI is InChI=1S/C16H11FN4O2/c17-10-5-4-8-12(9-10)21-14-13(18-19-21)15(22)20(16(14)23)11-6-2-1-3-7-11/h1-9,13-14H/t13-,14+/m0/s1. The Bertz CT molecular complexity index is 824. The molecule has 2 amide bonds. The van der Waals surface area contributed by atoms with Crippen molar-refractivity contribution < 1.29 is 14.0 Å². The van der Waals surface area contributed by atoms with E-state index in [9.17, 15) is 14.0 Å². The molecule has 1 fully saturated rings. The second-order valence-corrected chi connectivity index (χ2v) is 5.27. The quantitative estimate of drug-likeness (QED) is 0.800. The summed E-state index contributed by atoms with van der Waals surface area (Å²) in [7, 11) is 0. The number of para-hydroxylation sites is 1. The summed E-state index contributed by atoms with van der Waals surface area (Å²) in [5.74, 6) is -1.29. The fourth-order valence-electron chi connectivity index (χ4n) is 2.82. The molecule has 0 aromatic heterocycles. The molecule has 0 aliphatic carbocycles. The molecule has 6 nitrogen and oxygen atoms in total. The number of carbonyl (C=O) groups excluding carboxylic acids is 2. The maximum absolute atomic E-state index is 13.4. The third kappa shape index (κ3) is 2.01. The molecule has 2 heterocycles. The highest BCUT2D eigenvalue weighted by molar-refractivity contribution is 6.26. The van der Waals surface area contributed by atoms with Crippen LogP contribution in [-0.2, 0) is 9.59 Å². The van der Waals surface area contributed by atoms with Gasteiger partial charge in [0.2, 0.25) is 0 Å². The minimum absolute atomic E-state index is 0.386. The smallest absolute Gasteiger partial charge is 0.263 e. The number of imide groups is 1. The van der Waals surface area contributed by atoms with Gasteiger partial charge in [0.15, 0.2) is 12.1 Å². The van der Waals surface area contributed by atoms with Gasteiger partial charge in [-0.05, 0) is 30.3 Å². The number of nitrogens with zero attached hydrogens (tertiary/aromatic N) is 4. The van der Waals surface area contributed by atoms with E-state index in [1.54, 1.807) is 36.4 Å². The zero-order valence-corrected chi connectivity index (χ0v) is 11.8. The van der Waals surface area contributed by atoms with E-state index in [-0.39, 0.29) is 0 Å². The average molecular weight is 310 g/mol. The molecular formula is C16H11FN4O2. The Hall–Kier alpha value is -3.09. The van der Waals surface area contributed by atoms with Crippen molar-refractivity contribution in [2.75, 3.05) is 9.91 Å². The van der Waals surface area contributed by atoms with E-state index < -0.39 is 29.7 Å². The summed E-state index contributed by atoms with van der Waals surface area (Å²) >= 11 is 0. The molecule has 0 unspecified atom stereocenters. The number of amides is 2. The van der Waals surface area contributed by atoms with E-state index in [0.29, 0.717) is 11.4 Å². The largest absolute Gasteiger partial charge is 0.271 e. The highest BCUT2D eigenvalue weighted by atomic mass is 19.1. The lowest BCUT2D eigenvalue weighted by molar-refractivity contribution is -0.121. The van der Waals surface area contributed by atoms with Crippen molar-refractivity contribution >= 4 is 23.2 Å². The first-order valence-corrected chi connectivity index (χ1v) is 7.05. The number of carbonyl (C=O) groups is 2. The predicted molar refractivity (Wildman–Crippen MR) is 80.2 cm³/mol. The molecule has 0 spiro atoms. The lowest BCUT2D eigenvalue weighted by Gasteiger charge is -2.20. The van der Waals surface area contributed by atoms with Crippen LogP contribution < -0.4 is 9.91 Å². The monoisotopic (exact) mass is 310 g/mol. The van der Waals surface area contributed by atoms with Crippen molar-refractivity contribution in [3.63, 3.8) is 0 Å². The van der Waals surface area contributed by atoms with Crippen LogP contribution in [0.2, 0.25) is 0 Å². The highest BCUT2D eigenvalue weighted by Crippen LogP contribution is 2.34. The third-order valence-corrected chi connectivity index (χ3v) is 3.87. The Kier molecular flexibility index (Phi) is 2.94. The van der Waals surface area contributed by atoms with Gasteiger partial charge in [-0.25, -0.2) is 14.3 Å². The minimum Gasteiger partial charge on any atom is -0.271 e. The van der Waals surface area contributed by atoms with Gasteiger partial charge in [0, 0.05) is 0 Å². The van der Waals surface area contributed by atoms with Crippen LogP contribution in [0, 0.1) is 5.82 Å². The van der Waals surface area contributed by atoms with E-state index in [0.717, 1.165) is 4.90 Å². The van der Waals surface area contributed by atoms with Gasteiger partial charge in [0.25, 0.3) is 11.8 Å². The molecule has 0 N–H and O–H groups in total. The SMILES string of the molecule is O=C1[C@H]2N=NN(c3cccc(F)c3)[C@H]2C(=O)N1c1ccccc1. The van der Waals surface area contributed by atoms with Gasteiger partial charge in [-0.1, -0.05) is 29.5 Å². The van der Waals surface area contributed by atoms with Gasteiger partial charge in [-0.2, -0.15) is 5.11 Å². The van der Waals surface area contributed by atoms with Gasteiger partial charge in [0.1, 0.15) is 5.82 Å². The predicted octanol–water partition coefficient (Wildman–Crippen LogP) is 2.32. The van der Waals surface area contributed by atoms with Crippen LogP contribution in [0.25, 0.3) is 0 Å². The number of anilines is 2. The molecule has 4 rings (SSSR count). The van der Waals surface area contributed by atoms with E-state index in [1.165, 1.54) is 23.2 Å². The second-order valence-electron chi connectivity index (χ2n) is 5.27. The van der Waals surface area contributed by atoms with Crippen LogP contribution in [-0.4, -0.2) is 23.9 Å². The van der Waals surface area contributed by atoms with Gasteiger partial charge >= 0.3 is 0 Å². The molecule has 0 bridgehead atoms. The number of hydrogen-bond acceptors (Lipinski definition) is 5. The Balaban J connectivity index is 1.72. The number of fused-ring (bicyclic) bond motifs is 1. The van der Waals surface area contributed by atoms with Gasteiger partial charge < -0.3 is 0 Å². The van der Waals surface area contributed by atoms with Crippen LogP contribution in [0.3, 0.4) is 0 Å². The maximum atomic E-state index is 13.4. The van der Waals surface area contributed by atoms with E-state index in [4.69, 9.17) is 0 Å². The lowest BCUT2D eigenvalue weighted by Crippen LogP contribution is -2.39. The van der Waals surface area contributed by atoms with Crippen molar-refractivity contribution in [3.05, 3.63) is 60.4 Å². The average Bonchev–Trinajstić information content (AvgIpc) is 3.09. The van der Waals surface area contributed by atoms with Gasteiger partial charge in [0.05, 0.1) is 11.4 Å². The fraction of sp³-hybridized carbons (Fsp3) is 0.125. The van der Waals surface area contributed by atoms with Crippen LogP contribution in [0.5, 0.6) is 0 Å². The van der Waals surface area contributed by atoms with E-state index >= 15 is 0 Å². The molecule has 2 aliphatic heterocycles. The fourth-order valence-corrected chi connectivity index (χ4v) is 2.82. The highest BCUT2D eigenvalue weighted by Gasteiger charge is 2.55. The molecule has 2 aromatic carbocycles. The normalized spacial score (nSPS) is 22.8. The Morgan fingerprint density at radius 2 is 1.65 bits per heavy atom. The minimum atomic E-state index is -0.897. The number of hydrogen-bond donors (Lipinski definition) is 0. The molecule has 23 heavy (non-hydrogen) atoms. The van der Waals surface area contributed by atoms with Crippen molar-refractivity contribution in [1.29, 1.82) is 0 Å². The van der Waals surface area contributed by atoms with E-state index in [1.807, 2.05) is 0 Å². The summed E-state index contributed by atoms with van der Waals surface area (Å²) in [5, 5.41) is 9.10. The third-order valence-electron chi connectivity index (χ3n) is 3.87. The summed E-state index contributed by atoms with van der Waals surface area (Å²) in [6.45, 7) is 0. The number of benzene rings is 2. The molecular weight excluding hydrogens is 299 g/mol. The molecule has 2 atom stereocenters. The second kappa shape index (κ2) is 4.98. The molecule has 2 aromatic rings. The Morgan fingerprint density at radius 1 is 0.913 bits per heavy atom. The van der Waals surface area contributed by atoms with E-state index in [2.05, 4.69) is 10.3 Å². The first-order valence-electron chi connectivity index (χ1n) is 7.05. The lowest BCUT2D eigenvalue weighted by atomic mass is 10.1. The molecule has 0 radical (unpaired) electrons. The Morgan fingerprint density at radius 3 is 2.39 bits per heavy atom. The van der Waals surface area contributed by atoms with Crippen LogP contribution >= 0.6 is 0 Å². The topological polar surface area (TPSA) is 65.3 Å². The first-order chi connectivity index (χ1) is 11.2. The summed E-state index contributed by atoms with van der Waals surface area (Å²) in [6.07, 6.45) is 0. The van der Waals surface area contributed by atoms with Crippen LogP contribution in [0.15, 0.2) is 64.9 Å². The first kappa shape index (κ1) is 13.6. The Labute approximate surface area is 130 Å². The number of halogens is 1. The van der Waals surface area contributed by atoms with Crippen molar-refractivity contribution in [1.82, 2.24) is 0 Å². The molecule has 1 saturated heterocycles. The van der Waals surface area contributed by atoms with Crippen molar-refractivity contribution in [2.24, 2.45) is 10.3 Å². The summed E-state index contributed by atoms with van der Waals surface area (Å²) in [5.41, 5.74) is 0.878. The maximum Gasteiger partial charge on any atom is 0.263 e. The van der Waals surface area contributed by atoms with Gasteiger partial charge in [-0.3, -0.25) is 9.59 Å². The number of rotatable bonds is 2. The van der Waals surface area contributed by atoms with Crippen LogP contribution in [0.1, 0.15) is 0 Å².